The molecule has 0 aliphatic carbocycles. The Morgan fingerprint density at radius 1 is 1.20 bits per heavy atom. The minimum absolute atomic E-state index is 0.0285. The second kappa shape index (κ2) is 4.87. The molecule has 0 saturated heterocycles. The molecule has 0 fully saturated rings. The van der Waals surface area contributed by atoms with Gasteiger partial charge in [-0.2, -0.15) is 0 Å². The summed E-state index contributed by atoms with van der Waals surface area (Å²) in [5, 5.41) is 0. The van der Waals surface area contributed by atoms with Gasteiger partial charge in [-0.3, -0.25) is 0 Å². The Morgan fingerprint density at radius 2 is 1.93 bits per heavy atom. The van der Waals surface area contributed by atoms with Crippen LogP contribution in [0.2, 0.25) is 0 Å². The van der Waals surface area contributed by atoms with Crippen molar-refractivity contribution in [2.24, 2.45) is 10.4 Å². The third-order valence-corrected chi connectivity index (χ3v) is 2.03. The molecule has 2 heterocycles. The molecule has 1 aromatic rings. The maximum atomic E-state index is 4.34. The Morgan fingerprint density at radius 3 is 2.67 bits per heavy atom. The summed E-state index contributed by atoms with van der Waals surface area (Å²) in [6.45, 7) is 8.25. The zero-order chi connectivity index (χ0) is 11.3. The lowest BCUT2D eigenvalue weighted by atomic mass is 9.95. The van der Waals surface area contributed by atoms with Gasteiger partial charge >= 0.3 is 0 Å². The number of fused-ring (bicyclic) bond motifs is 1. The molecule has 1 aliphatic rings. The Kier molecular flexibility index (Phi) is 3.78. The van der Waals surface area contributed by atoms with Crippen molar-refractivity contribution in [3.05, 3.63) is 30.0 Å². The lowest BCUT2D eigenvalue weighted by Gasteiger charge is -2.10. The molecule has 1 aromatic heterocycles. The van der Waals surface area contributed by atoms with Crippen LogP contribution in [-0.2, 0) is 0 Å². The van der Waals surface area contributed by atoms with Crippen molar-refractivity contribution in [3.63, 3.8) is 0 Å². The van der Waals surface area contributed by atoms with E-state index in [2.05, 4.69) is 36.0 Å². The topological polar surface area (TPSA) is 25.2 Å². The second-order valence-electron chi connectivity index (χ2n) is 3.83. The highest BCUT2D eigenvalue weighted by Crippen LogP contribution is 2.25. The van der Waals surface area contributed by atoms with Crippen molar-refractivity contribution < 1.29 is 0 Å². The molecular formula is C13H18N2. The number of aliphatic imine (C=N–C) groups is 1. The van der Waals surface area contributed by atoms with Crippen LogP contribution in [0.3, 0.4) is 0 Å². The van der Waals surface area contributed by atoms with Crippen LogP contribution >= 0.6 is 0 Å². The highest BCUT2D eigenvalue weighted by Gasteiger charge is 2.13. The summed E-state index contributed by atoms with van der Waals surface area (Å²) in [6.07, 6.45) is 7.92. The summed E-state index contributed by atoms with van der Waals surface area (Å²) in [6, 6.07) is 3.95. The summed E-state index contributed by atoms with van der Waals surface area (Å²) in [5.41, 5.74) is 1.12. The summed E-state index contributed by atoms with van der Waals surface area (Å²) in [4.78, 5) is 8.54. The van der Waals surface area contributed by atoms with Crippen LogP contribution in [0.5, 0.6) is 0 Å². The van der Waals surface area contributed by atoms with Gasteiger partial charge in [0.25, 0.3) is 0 Å². The van der Waals surface area contributed by atoms with Crippen LogP contribution < -0.4 is 0 Å². The standard InChI is InChI=1S/C11H12N2.C2H6/c1-11(2)6-5-9-4-3-7-12-10(9)13-8-11;1-2/h3-8H,1-2H3;1-2H3. The molecule has 0 aromatic carbocycles. The van der Waals surface area contributed by atoms with Gasteiger partial charge in [0.15, 0.2) is 5.82 Å². The van der Waals surface area contributed by atoms with Crippen LogP contribution in [0.25, 0.3) is 6.08 Å². The number of allylic oxidation sites excluding steroid dienone is 1. The number of hydrogen-bond donors (Lipinski definition) is 0. The molecule has 0 spiro atoms. The van der Waals surface area contributed by atoms with Crippen LogP contribution in [0.15, 0.2) is 29.4 Å². The van der Waals surface area contributed by atoms with E-state index in [0.29, 0.717) is 0 Å². The van der Waals surface area contributed by atoms with Crippen LogP contribution in [0.4, 0.5) is 5.82 Å². The maximum Gasteiger partial charge on any atom is 0.158 e. The first-order valence-corrected chi connectivity index (χ1v) is 5.37. The van der Waals surface area contributed by atoms with Gasteiger partial charge in [0, 0.05) is 23.4 Å². The highest BCUT2D eigenvalue weighted by molar-refractivity contribution is 5.78. The number of aromatic nitrogens is 1. The molecule has 0 bridgehead atoms. The molecule has 80 valence electrons. The molecule has 0 saturated carbocycles. The molecule has 0 radical (unpaired) electrons. The summed E-state index contributed by atoms with van der Waals surface area (Å²) < 4.78 is 0. The quantitative estimate of drug-likeness (QED) is 0.627. The second-order valence-corrected chi connectivity index (χ2v) is 3.83. The van der Waals surface area contributed by atoms with Crippen molar-refractivity contribution in [1.29, 1.82) is 0 Å². The third kappa shape index (κ3) is 3.01. The van der Waals surface area contributed by atoms with Crippen molar-refractivity contribution >= 4 is 18.1 Å². The fourth-order valence-electron chi connectivity index (χ4n) is 1.22. The predicted octanol–water partition coefficient (Wildman–Crippen LogP) is 3.86. The monoisotopic (exact) mass is 202 g/mol. The zero-order valence-corrected chi connectivity index (χ0v) is 9.86. The summed E-state index contributed by atoms with van der Waals surface area (Å²) in [7, 11) is 0. The van der Waals surface area contributed by atoms with Gasteiger partial charge in [0.05, 0.1) is 0 Å². The van der Waals surface area contributed by atoms with E-state index < -0.39 is 0 Å². The Labute approximate surface area is 91.8 Å². The lowest BCUT2D eigenvalue weighted by Crippen LogP contribution is -2.07. The average molecular weight is 202 g/mol. The van der Waals surface area contributed by atoms with E-state index in [1.54, 1.807) is 6.20 Å². The SMILES string of the molecule is CC.CC1(C)C=Cc2cccnc2N=C1. The first kappa shape index (κ1) is 11.6. The van der Waals surface area contributed by atoms with Gasteiger partial charge in [0.2, 0.25) is 0 Å². The number of hydrogen-bond acceptors (Lipinski definition) is 2. The fraction of sp³-hybridized carbons (Fsp3) is 0.385. The Balaban J connectivity index is 0.000000531. The van der Waals surface area contributed by atoms with Crippen LogP contribution in [-0.4, -0.2) is 11.2 Å². The molecule has 0 N–H and O–H groups in total. The fourth-order valence-corrected chi connectivity index (χ4v) is 1.22. The Hall–Kier alpha value is -1.44. The number of pyridine rings is 1. The van der Waals surface area contributed by atoms with Gasteiger partial charge < -0.3 is 0 Å². The summed E-state index contributed by atoms with van der Waals surface area (Å²) >= 11 is 0. The van der Waals surface area contributed by atoms with Crippen molar-refractivity contribution in [3.8, 4) is 0 Å². The largest absolute Gasteiger partial charge is 0.240 e. The molecule has 0 unspecified atom stereocenters. The normalized spacial score (nSPS) is 16.0. The average Bonchev–Trinajstić information content (AvgIpc) is 2.42. The van der Waals surface area contributed by atoms with Crippen LogP contribution in [0, 0.1) is 5.41 Å². The van der Waals surface area contributed by atoms with Gasteiger partial charge in [-0.1, -0.05) is 39.8 Å². The Bertz CT molecular complexity index is 341. The summed E-state index contributed by atoms with van der Waals surface area (Å²) in [5.74, 6) is 0.810. The molecule has 2 heteroatoms. The molecule has 0 atom stereocenters. The van der Waals surface area contributed by atoms with Gasteiger partial charge in [0.1, 0.15) is 0 Å². The minimum Gasteiger partial charge on any atom is -0.240 e. The van der Waals surface area contributed by atoms with E-state index in [4.69, 9.17) is 0 Å². The van der Waals surface area contributed by atoms with E-state index in [1.807, 2.05) is 32.2 Å². The minimum atomic E-state index is 0.0285. The van der Waals surface area contributed by atoms with Crippen molar-refractivity contribution in [2.75, 3.05) is 0 Å². The van der Waals surface area contributed by atoms with E-state index in [9.17, 15) is 0 Å². The van der Waals surface area contributed by atoms with E-state index >= 15 is 0 Å². The lowest BCUT2D eigenvalue weighted by molar-refractivity contribution is 0.699. The molecule has 2 nitrogen and oxygen atoms in total. The molecule has 1 aliphatic heterocycles. The molecule has 2 rings (SSSR count). The van der Waals surface area contributed by atoms with Gasteiger partial charge in [-0.25, -0.2) is 9.98 Å². The zero-order valence-electron chi connectivity index (χ0n) is 9.86. The number of rotatable bonds is 0. The van der Waals surface area contributed by atoms with E-state index in [1.165, 1.54) is 0 Å². The van der Waals surface area contributed by atoms with Crippen molar-refractivity contribution in [2.45, 2.75) is 27.7 Å². The first-order chi connectivity index (χ1) is 7.17. The maximum absolute atomic E-state index is 4.34. The smallest absolute Gasteiger partial charge is 0.158 e. The van der Waals surface area contributed by atoms with E-state index in [0.717, 1.165) is 11.4 Å². The predicted molar refractivity (Wildman–Crippen MR) is 66.6 cm³/mol. The van der Waals surface area contributed by atoms with E-state index in [-0.39, 0.29) is 5.41 Å². The van der Waals surface area contributed by atoms with Crippen molar-refractivity contribution in [1.82, 2.24) is 4.98 Å². The number of nitrogens with zero attached hydrogens (tertiary/aromatic N) is 2. The molecular weight excluding hydrogens is 184 g/mol. The molecule has 15 heavy (non-hydrogen) atoms. The molecule has 0 amide bonds. The third-order valence-electron chi connectivity index (χ3n) is 2.03. The van der Waals surface area contributed by atoms with Crippen LogP contribution in [0.1, 0.15) is 33.3 Å². The van der Waals surface area contributed by atoms with Gasteiger partial charge in [-0.05, 0) is 12.1 Å². The highest BCUT2D eigenvalue weighted by atomic mass is 14.9. The first-order valence-electron chi connectivity index (χ1n) is 5.37. The van der Waals surface area contributed by atoms with Gasteiger partial charge in [-0.15, -0.1) is 0 Å².